The Kier molecular flexibility index (Phi) is 7.18. The lowest BCUT2D eigenvalue weighted by Crippen LogP contribution is -2.41. The standard InChI is InChI=1S/C16H25N3O5S/c1-3-18-25(21,22)13-4-5-15(23-2)14(12-13)16(20)17-6-7-19-8-10-24-11-9-19/h4-5,12,18H,3,6-11H2,1-2H3,(H,17,20). The fourth-order valence-corrected chi connectivity index (χ4v) is 3.62. The third-order valence-electron chi connectivity index (χ3n) is 3.88. The monoisotopic (exact) mass is 371 g/mol. The van der Waals surface area contributed by atoms with Crippen LogP contribution in [-0.2, 0) is 14.8 Å². The Bertz CT molecular complexity index is 687. The molecule has 0 bridgehead atoms. The van der Waals surface area contributed by atoms with Crippen LogP contribution in [0.3, 0.4) is 0 Å². The number of carbonyl (C=O) groups excluding carboxylic acids is 1. The van der Waals surface area contributed by atoms with E-state index in [-0.39, 0.29) is 22.9 Å². The molecule has 1 amide bonds. The van der Waals surface area contributed by atoms with Crippen molar-refractivity contribution in [2.45, 2.75) is 11.8 Å². The molecule has 1 aromatic rings. The van der Waals surface area contributed by atoms with E-state index in [1.807, 2.05) is 0 Å². The maximum Gasteiger partial charge on any atom is 0.255 e. The molecule has 1 saturated heterocycles. The number of nitrogens with one attached hydrogen (secondary N) is 2. The van der Waals surface area contributed by atoms with Gasteiger partial charge in [0.1, 0.15) is 5.75 Å². The van der Waals surface area contributed by atoms with Gasteiger partial charge in [0.2, 0.25) is 10.0 Å². The molecular weight excluding hydrogens is 346 g/mol. The first kappa shape index (κ1) is 19.6. The van der Waals surface area contributed by atoms with Crippen molar-refractivity contribution in [3.05, 3.63) is 23.8 Å². The van der Waals surface area contributed by atoms with E-state index in [1.165, 1.54) is 25.3 Å². The number of amides is 1. The van der Waals surface area contributed by atoms with Gasteiger partial charge in [-0.05, 0) is 18.2 Å². The van der Waals surface area contributed by atoms with Gasteiger partial charge in [0.15, 0.2) is 0 Å². The number of carbonyl (C=O) groups is 1. The molecule has 0 aliphatic carbocycles. The molecule has 1 heterocycles. The SMILES string of the molecule is CCNS(=O)(=O)c1ccc(OC)c(C(=O)NCCN2CCOCC2)c1. The molecule has 8 nitrogen and oxygen atoms in total. The van der Waals surface area contributed by atoms with Crippen molar-refractivity contribution in [3.63, 3.8) is 0 Å². The minimum absolute atomic E-state index is 0.0356. The van der Waals surface area contributed by atoms with E-state index in [0.29, 0.717) is 32.1 Å². The number of morpholine rings is 1. The van der Waals surface area contributed by atoms with Gasteiger partial charge in [-0.1, -0.05) is 6.92 Å². The highest BCUT2D eigenvalue weighted by Crippen LogP contribution is 2.22. The summed E-state index contributed by atoms with van der Waals surface area (Å²) in [6, 6.07) is 4.24. The second-order valence-electron chi connectivity index (χ2n) is 5.57. The molecular formula is C16H25N3O5S. The number of hydrogen-bond donors (Lipinski definition) is 2. The van der Waals surface area contributed by atoms with Gasteiger partial charge in [-0.25, -0.2) is 13.1 Å². The second kappa shape index (κ2) is 9.14. The molecule has 0 aromatic heterocycles. The van der Waals surface area contributed by atoms with Crippen LogP contribution in [-0.4, -0.2) is 72.3 Å². The molecule has 9 heteroatoms. The van der Waals surface area contributed by atoms with Crippen molar-refractivity contribution in [1.82, 2.24) is 14.9 Å². The number of benzene rings is 1. The Morgan fingerprint density at radius 3 is 2.68 bits per heavy atom. The minimum Gasteiger partial charge on any atom is -0.496 e. The summed E-state index contributed by atoms with van der Waals surface area (Å²) in [4.78, 5) is 14.7. The fraction of sp³-hybridized carbons (Fsp3) is 0.562. The molecule has 2 rings (SSSR count). The van der Waals surface area contributed by atoms with E-state index in [4.69, 9.17) is 9.47 Å². The summed E-state index contributed by atoms with van der Waals surface area (Å²) in [6.07, 6.45) is 0. The number of ether oxygens (including phenoxy) is 2. The molecule has 25 heavy (non-hydrogen) atoms. The summed E-state index contributed by atoms with van der Waals surface area (Å²) in [5.74, 6) is -0.0296. The quantitative estimate of drug-likeness (QED) is 0.671. The van der Waals surface area contributed by atoms with Crippen molar-refractivity contribution in [3.8, 4) is 5.75 Å². The topological polar surface area (TPSA) is 97.0 Å². The highest BCUT2D eigenvalue weighted by Gasteiger charge is 2.19. The molecule has 0 radical (unpaired) electrons. The Morgan fingerprint density at radius 1 is 1.32 bits per heavy atom. The lowest BCUT2D eigenvalue weighted by molar-refractivity contribution is 0.0383. The molecule has 140 valence electrons. The van der Waals surface area contributed by atoms with Crippen LogP contribution < -0.4 is 14.8 Å². The van der Waals surface area contributed by atoms with E-state index in [0.717, 1.165) is 13.1 Å². The largest absolute Gasteiger partial charge is 0.496 e. The first-order valence-corrected chi connectivity index (χ1v) is 9.72. The van der Waals surface area contributed by atoms with Gasteiger partial charge >= 0.3 is 0 Å². The summed E-state index contributed by atoms with van der Waals surface area (Å²) >= 11 is 0. The van der Waals surface area contributed by atoms with Crippen LogP contribution in [0.15, 0.2) is 23.1 Å². The summed E-state index contributed by atoms with van der Waals surface area (Å²) < 4.78 is 37.1. The smallest absolute Gasteiger partial charge is 0.255 e. The highest BCUT2D eigenvalue weighted by atomic mass is 32.2. The van der Waals surface area contributed by atoms with E-state index in [2.05, 4.69) is 14.9 Å². The third kappa shape index (κ3) is 5.40. The molecule has 1 fully saturated rings. The third-order valence-corrected chi connectivity index (χ3v) is 5.42. The first-order valence-electron chi connectivity index (χ1n) is 8.24. The Labute approximate surface area is 148 Å². The minimum atomic E-state index is -3.64. The van der Waals surface area contributed by atoms with E-state index < -0.39 is 10.0 Å². The molecule has 1 aliphatic heterocycles. The zero-order chi connectivity index (χ0) is 18.3. The molecule has 0 atom stereocenters. The number of nitrogens with zero attached hydrogens (tertiary/aromatic N) is 1. The lowest BCUT2D eigenvalue weighted by atomic mass is 10.2. The van der Waals surface area contributed by atoms with Crippen molar-refractivity contribution < 1.29 is 22.7 Å². The van der Waals surface area contributed by atoms with Crippen molar-refractivity contribution in [1.29, 1.82) is 0 Å². The molecule has 0 spiro atoms. The van der Waals surface area contributed by atoms with Crippen LogP contribution in [0.2, 0.25) is 0 Å². The van der Waals surface area contributed by atoms with Gasteiger partial charge in [0, 0.05) is 32.7 Å². The Balaban J connectivity index is 2.06. The number of sulfonamides is 1. The second-order valence-corrected chi connectivity index (χ2v) is 7.34. The van der Waals surface area contributed by atoms with Gasteiger partial charge in [0.05, 0.1) is 30.8 Å². The highest BCUT2D eigenvalue weighted by molar-refractivity contribution is 7.89. The maximum atomic E-state index is 12.5. The predicted octanol–water partition coefficient (Wildman–Crippen LogP) is 0.0554. The van der Waals surface area contributed by atoms with Gasteiger partial charge < -0.3 is 14.8 Å². The number of hydrogen-bond acceptors (Lipinski definition) is 6. The summed E-state index contributed by atoms with van der Waals surface area (Å²) in [5.41, 5.74) is 0.198. The number of methoxy groups -OCH3 is 1. The van der Waals surface area contributed by atoms with Crippen LogP contribution >= 0.6 is 0 Å². The lowest BCUT2D eigenvalue weighted by Gasteiger charge is -2.26. The Morgan fingerprint density at radius 2 is 2.04 bits per heavy atom. The average Bonchev–Trinajstić information content (AvgIpc) is 2.62. The molecule has 0 saturated carbocycles. The summed E-state index contributed by atoms with van der Waals surface area (Å²) in [6.45, 7) is 6.23. The average molecular weight is 371 g/mol. The van der Waals surface area contributed by atoms with Gasteiger partial charge in [-0.2, -0.15) is 0 Å². The molecule has 1 aromatic carbocycles. The van der Waals surface area contributed by atoms with Crippen LogP contribution in [0.25, 0.3) is 0 Å². The van der Waals surface area contributed by atoms with Crippen LogP contribution in [0.1, 0.15) is 17.3 Å². The molecule has 2 N–H and O–H groups in total. The van der Waals surface area contributed by atoms with Crippen LogP contribution in [0.5, 0.6) is 5.75 Å². The zero-order valence-electron chi connectivity index (χ0n) is 14.6. The van der Waals surface area contributed by atoms with Crippen molar-refractivity contribution in [2.75, 3.05) is 53.0 Å². The van der Waals surface area contributed by atoms with Gasteiger partial charge in [-0.15, -0.1) is 0 Å². The summed E-state index contributed by atoms with van der Waals surface area (Å²) in [7, 11) is -2.19. The van der Waals surface area contributed by atoms with Crippen molar-refractivity contribution >= 4 is 15.9 Å². The molecule has 1 aliphatic rings. The zero-order valence-corrected chi connectivity index (χ0v) is 15.4. The number of rotatable bonds is 8. The normalized spacial score (nSPS) is 15.8. The predicted molar refractivity (Wildman–Crippen MR) is 93.4 cm³/mol. The van der Waals surface area contributed by atoms with Gasteiger partial charge in [-0.3, -0.25) is 9.69 Å². The van der Waals surface area contributed by atoms with E-state index in [9.17, 15) is 13.2 Å². The fourth-order valence-electron chi connectivity index (χ4n) is 2.55. The van der Waals surface area contributed by atoms with Crippen LogP contribution in [0, 0.1) is 0 Å². The van der Waals surface area contributed by atoms with E-state index in [1.54, 1.807) is 6.92 Å². The maximum absolute atomic E-state index is 12.5. The van der Waals surface area contributed by atoms with Crippen LogP contribution in [0.4, 0.5) is 0 Å². The van der Waals surface area contributed by atoms with Gasteiger partial charge in [0.25, 0.3) is 5.91 Å². The Hall–Kier alpha value is -1.68. The molecule has 0 unspecified atom stereocenters. The van der Waals surface area contributed by atoms with Crippen molar-refractivity contribution in [2.24, 2.45) is 0 Å². The first-order chi connectivity index (χ1) is 12.0. The van der Waals surface area contributed by atoms with E-state index >= 15 is 0 Å². The summed E-state index contributed by atoms with van der Waals surface area (Å²) in [5, 5.41) is 2.81.